The van der Waals surface area contributed by atoms with Crippen LogP contribution in [0.25, 0.3) is 17.0 Å². The van der Waals surface area contributed by atoms with Gasteiger partial charge in [0, 0.05) is 6.08 Å². The van der Waals surface area contributed by atoms with E-state index < -0.39 is 0 Å². The zero-order chi connectivity index (χ0) is 18.7. The Morgan fingerprint density at radius 3 is 2.62 bits per heavy atom. The van der Waals surface area contributed by atoms with Crippen LogP contribution in [-0.4, -0.2) is 13.0 Å². The number of amides is 1. The van der Waals surface area contributed by atoms with Crippen LogP contribution in [0.15, 0.2) is 57.9 Å². The first kappa shape index (κ1) is 17.5. The largest absolute Gasteiger partial charge is 0.495 e. The summed E-state index contributed by atoms with van der Waals surface area (Å²) in [5.41, 5.74) is 3.20. The highest BCUT2D eigenvalue weighted by Gasteiger charge is 2.08. The van der Waals surface area contributed by atoms with E-state index in [4.69, 9.17) is 9.15 Å². The lowest BCUT2D eigenvalue weighted by Gasteiger charge is -2.09. The van der Waals surface area contributed by atoms with E-state index in [1.165, 1.54) is 18.4 Å². The third kappa shape index (κ3) is 3.67. The molecule has 1 amide bonds. The fourth-order valence-electron chi connectivity index (χ4n) is 2.63. The van der Waals surface area contributed by atoms with E-state index in [2.05, 4.69) is 5.32 Å². The topological polar surface area (TPSA) is 68.5 Å². The molecule has 0 radical (unpaired) electrons. The van der Waals surface area contributed by atoms with Gasteiger partial charge in [-0.2, -0.15) is 0 Å². The van der Waals surface area contributed by atoms with E-state index in [1.54, 1.807) is 25.3 Å². The summed E-state index contributed by atoms with van der Waals surface area (Å²) >= 11 is 0. The standard InChI is InChI=1S/C21H19NO4/c1-13-4-7-18-16(10-13)21(24)15(12-26-18)6-9-20(23)22-17-11-14(2)5-8-19(17)25-3/h4-12H,1-3H3,(H,22,23)/b9-6+. The van der Waals surface area contributed by atoms with E-state index in [0.29, 0.717) is 28.0 Å². The van der Waals surface area contributed by atoms with Gasteiger partial charge in [-0.05, 0) is 49.8 Å². The molecule has 0 bridgehead atoms. The van der Waals surface area contributed by atoms with Crippen LogP contribution in [0.4, 0.5) is 5.69 Å². The SMILES string of the molecule is COc1ccc(C)cc1NC(=O)/C=C/c1coc2ccc(C)cc2c1=O. The van der Waals surface area contributed by atoms with E-state index in [-0.39, 0.29) is 11.3 Å². The number of ether oxygens (including phenoxy) is 1. The molecular formula is C21H19NO4. The van der Waals surface area contributed by atoms with E-state index >= 15 is 0 Å². The molecule has 0 aliphatic rings. The summed E-state index contributed by atoms with van der Waals surface area (Å²) in [6.07, 6.45) is 4.11. The summed E-state index contributed by atoms with van der Waals surface area (Å²) in [6.45, 7) is 3.83. The molecule has 5 nitrogen and oxygen atoms in total. The van der Waals surface area contributed by atoms with Gasteiger partial charge in [-0.1, -0.05) is 17.7 Å². The molecule has 0 saturated carbocycles. The summed E-state index contributed by atoms with van der Waals surface area (Å²) in [7, 11) is 1.54. The number of carbonyl (C=O) groups excluding carboxylic acids is 1. The Balaban J connectivity index is 1.85. The van der Waals surface area contributed by atoms with Gasteiger partial charge >= 0.3 is 0 Å². The van der Waals surface area contributed by atoms with Gasteiger partial charge in [-0.15, -0.1) is 0 Å². The fraction of sp³-hybridized carbons (Fsp3) is 0.143. The van der Waals surface area contributed by atoms with Crippen molar-refractivity contribution in [3.05, 3.63) is 75.7 Å². The Morgan fingerprint density at radius 1 is 1.12 bits per heavy atom. The molecule has 2 aromatic carbocycles. The van der Waals surface area contributed by atoms with Crippen LogP contribution in [0.5, 0.6) is 5.75 Å². The van der Waals surface area contributed by atoms with Crippen LogP contribution < -0.4 is 15.5 Å². The Morgan fingerprint density at radius 2 is 1.85 bits per heavy atom. The van der Waals surface area contributed by atoms with Gasteiger partial charge in [-0.3, -0.25) is 9.59 Å². The molecule has 0 fully saturated rings. The molecule has 0 aliphatic carbocycles. The molecular weight excluding hydrogens is 330 g/mol. The molecule has 0 aliphatic heterocycles. The number of hydrogen-bond donors (Lipinski definition) is 1. The minimum atomic E-state index is -0.363. The monoisotopic (exact) mass is 349 g/mol. The predicted octanol–water partition coefficient (Wildman–Crippen LogP) is 4.07. The van der Waals surface area contributed by atoms with Gasteiger partial charge in [-0.25, -0.2) is 0 Å². The van der Waals surface area contributed by atoms with Crippen LogP contribution in [0.2, 0.25) is 0 Å². The van der Waals surface area contributed by atoms with Gasteiger partial charge in [0.05, 0.1) is 23.7 Å². The van der Waals surface area contributed by atoms with Crippen LogP contribution in [0.3, 0.4) is 0 Å². The quantitative estimate of drug-likeness (QED) is 0.721. The van der Waals surface area contributed by atoms with Crippen molar-refractivity contribution in [2.24, 2.45) is 0 Å². The first-order valence-electron chi connectivity index (χ1n) is 8.14. The van der Waals surface area contributed by atoms with Crippen molar-refractivity contribution in [2.45, 2.75) is 13.8 Å². The molecule has 132 valence electrons. The summed E-state index contributed by atoms with van der Waals surface area (Å²) in [6, 6.07) is 10.9. The molecule has 0 saturated heterocycles. The number of benzene rings is 2. The molecule has 3 aromatic rings. The molecule has 3 rings (SSSR count). The zero-order valence-electron chi connectivity index (χ0n) is 14.8. The van der Waals surface area contributed by atoms with Gasteiger partial charge in [0.2, 0.25) is 5.91 Å². The van der Waals surface area contributed by atoms with Crippen molar-refractivity contribution < 1.29 is 13.9 Å². The molecule has 1 heterocycles. The second-order valence-corrected chi connectivity index (χ2v) is 6.05. The highest BCUT2D eigenvalue weighted by Crippen LogP contribution is 2.25. The van der Waals surface area contributed by atoms with Crippen LogP contribution in [-0.2, 0) is 4.79 Å². The van der Waals surface area contributed by atoms with Gasteiger partial charge in [0.25, 0.3) is 0 Å². The van der Waals surface area contributed by atoms with E-state index in [9.17, 15) is 9.59 Å². The molecule has 1 N–H and O–H groups in total. The number of methoxy groups -OCH3 is 1. The van der Waals surface area contributed by atoms with E-state index in [1.807, 2.05) is 32.0 Å². The smallest absolute Gasteiger partial charge is 0.248 e. The molecule has 0 atom stereocenters. The van der Waals surface area contributed by atoms with Crippen LogP contribution >= 0.6 is 0 Å². The number of anilines is 1. The normalized spacial score (nSPS) is 11.0. The number of hydrogen-bond acceptors (Lipinski definition) is 4. The first-order valence-corrected chi connectivity index (χ1v) is 8.14. The maximum atomic E-state index is 12.5. The number of aryl methyl sites for hydroxylation is 2. The summed E-state index contributed by atoms with van der Waals surface area (Å²) < 4.78 is 10.7. The maximum absolute atomic E-state index is 12.5. The Hall–Kier alpha value is -3.34. The lowest BCUT2D eigenvalue weighted by Crippen LogP contribution is -2.10. The highest BCUT2D eigenvalue weighted by molar-refractivity contribution is 6.03. The van der Waals surface area contributed by atoms with Crippen molar-refractivity contribution in [3.63, 3.8) is 0 Å². The molecule has 26 heavy (non-hydrogen) atoms. The lowest BCUT2D eigenvalue weighted by molar-refractivity contribution is -0.111. The Bertz CT molecular complexity index is 1060. The number of carbonyl (C=O) groups is 1. The second kappa shape index (κ2) is 7.27. The average Bonchev–Trinajstić information content (AvgIpc) is 2.62. The molecule has 0 unspecified atom stereocenters. The van der Waals surface area contributed by atoms with Crippen molar-refractivity contribution >= 4 is 28.6 Å². The third-order valence-electron chi connectivity index (χ3n) is 3.98. The second-order valence-electron chi connectivity index (χ2n) is 6.05. The Kier molecular flexibility index (Phi) is 4.89. The minimum Gasteiger partial charge on any atom is -0.495 e. The van der Waals surface area contributed by atoms with Crippen LogP contribution in [0, 0.1) is 13.8 Å². The summed E-state index contributed by atoms with van der Waals surface area (Å²) in [5.74, 6) is 0.204. The highest BCUT2D eigenvalue weighted by atomic mass is 16.5. The number of fused-ring (bicyclic) bond motifs is 1. The van der Waals surface area contributed by atoms with Crippen molar-refractivity contribution in [3.8, 4) is 5.75 Å². The summed E-state index contributed by atoms with van der Waals surface area (Å²) in [4.78, 5) is 24.7. The predicted molar refractivity (Wildman–Crippen MR) is 103 cm³/mol. The van der Waals surface area contributed by atoms with Crippen molar-refractivity contribution in [2.75, 3.05) is 12.4 Å². The van der Waals surface area contributed by atoms with Crippen molar-refractivity contribution in [1.82, 2.24) is 0 Å². The van der Waals surface area contributed by atoms with E-state index in [0.717, 1.165) is 11.1 Å². The molecule has 5 heteroatoms. The lowest BCUT2D eigenvalue weighted by atomic mass is 10.1. The van der Waals surface area contributed by atoms with Gasteiger partial charge < -0.3 is 14.5 Å². The third-order valence-corrected chi connectivity index (χ3v) is 3.98. The molecule has 0 spiro atoms. The zero-order valence-corrected chi connectivity index (χ0v) is 14.8. The number of nitrogens with one attached hydrogen (secondary N) is 1. The van der Waals surface area contributed by atoms with Crippen molar-refractivity contribution in [1.29, 1.82) is 0 Å². The average molecular weight is 349 g/mol. The number of rotatable bonds is 4. The van der Waals surface area contributed by atoms with Crippen LogP contribution in [0.1, 0.15) is 16.7 Å². The minimum absolute atomic E-state index is 0.174. The van der Waals surface area contributed by atoms with Gasteiger partial charge in [0.1, 0.15) is 17.6 Å². The maximum Gasteiger partial charge on any atom is 0.248 e. The fourth-order valence-corrected chi connectivity index (χ4v) is 2.63. The first-order chi connectivity index (χ1) is 12.5. The molecule has 1 aromatic heterocycles. The summed E-state index contributed by atoms with van der Waals surface area (Å²) in [5, 5.41) is 3.25. The Labute approximate surface area is 150 Å². The van der Waals surface area contributed by atoms with Gasteiger partial charge in [0.15, 0.2) is 5.43 Å².